The fourth-order valence-electron chi connectivity index (χ4n) is 1.23. The lowest BCUT2D eigenvalue weighted by Gasteiger charge is -2.11. The van der Waals surface area contributed by atoms with Gasteiger partial charge in [0.25, 0.3) is 0 Å². The first-order valence-corrected chi connectivity index (χ1v) is 4.58. The fraction of sp³-hybridized carbons (Fsp3) is 0.300. The van der Waals surface area contributed by atoms with Gasteiger partial charge in [-0.1, -0.05) is 12.1 Å². The zero-order valence-electron chi connectivity index (χ0n) is 8.18. The van der Waals surface area contributed by atoms with Crippen LogP contribution in [-0.4, -0.2) is 28.9 Å². The number of benzene rings is 1. The van der Waals surface area contributed by atoms with E-state index < -0.39 is 6.09 Å². The number of carboxylic acid groups (broad SMARTS) is 1. The highest BCUT2D eigenvalue weighted by Crippen LogP contribution is 2.10. The van der Waals surface area contributed by atoms with Crippen molar-refractivity contribution in [2.45, 2.75) is 12.5 Å². The molecular weight excluding hydrogens is 196 g/mol. The van der Waals surface area contributed by atoms with Gasteiger partial charge >= 0.3 is 6.09 Å². The Balaban J connectivity index is 2.40. The summed E-state index contributed by atoms with van der Waals surface area (Å²) >= 11 is 0. The van der Waals surface area contributed by atoms with Gasteiger partial charge in [-0.25, -0.2) is 4.79 Å². The van der Waals surface area contributed by atoms with Crippen LogP contribution >= 0.6 is 0 Å². The van der Waals surface area contributed by atoms with Crippen LogP contribution in [0, 0.1) is 0 Å². The standard InChI is InChI=1S/C10H14N2O3/c11-8(6-12-10(14)15)5-7-1-3-9(13)4-2-7/h1-4,8,12-13H,5-6,11H2,(H,14,15). The molecule has 0 aliphatic carbocycles. The maximum absolute atomic E-state index is 10.2. The Labute approximate surface area is 87.5 Å². The molecule has 0 saturated heterocycles. The van der Waals surface area contributed by atoms with Crippen molar-refractivity contribution < 1.29 is 15.0 Å². The van der Waals surface area contributed by atoms with Crippen LogP contribution in [0.25, 0.3) is 0 Å². The summed E-state index contributed by atoms with van der Waals surface area (Å²) in [6.45, 7) is 0.218. The third-order valence-corrected chi connectivity index (χ3v) is 1.95. The highest BCUT2D eigenvalue weighted by atomic mass is 16.4. The number of phenols is 1. The predicted octanol–water partition coefficient (Wildman–Crippen LogP) is 0.530. The van der Waals surface area contributed by atoms with Crippen molar-refractivity contribution in [2.75, 3.05) is 6.54 Å². The number of aromatic hydroxyl groups is 1. The van der Waals surface area contributed by atoms with E-state index in [4.69, 9.17) is 15.9 Å². The van der Waals surface area contributed by atoms with Crippen molar-refractivity contribution in [1.82, 2.24) is 5.32 Å². The van der Waals surface area contributed by atoms with E-state index >= 15 is 0 Å². The minimum absolute atomic E-state index is 0.205. The van der Waals surface area contributed by atoms with E-state index in [9.17, 15) is 4.79 Å². The van der Waals surface area contributed by atoms with Crippen molar-refractivity contribution in [1.29, 1.82) is 0 Å². The summed E-state index contributed by atoms with van der Waals surface area (Å²) in [7, 11) is 0. The SMILES string of the molecule is NC(CNC(=O)O)Cc1ccc(O)cc1. The highest BCUT2D eigenvalue weighted by Gasteiger charge is 2.05. The minimum Gasteiger partial charge on any atom is -0.508 e. The lowest BCUT2D eigenvalue weighted by Crippen LogP contribution is -2.37. The number of phenolic OH excluding ortho intramolecular Hbond substituents is 1. The molecule has 0 saturated carbocycles. The molecule has 0 aliphatic rings. The largest absolute Gasteiger partial charge is 0.508 e. The molecular formula is C10H14N2O3. The monoisotopic (exact) mass is 210 g/mol. The van der Waals surface area contributed by atoms with Crippen LogP contribution in [0.3, 0.4) is 0 Å². The molecule has 0 aromatic heterocycles. The molecule has 5 N–H and O–H groups in total. The molecule has 0 aliphatic heterocycles. The van der Waals surface area contributed by atoms with E-state index in [2.05, 4.69) is 5.32 Å². The topological polar surface area (TPSA) is 95.6 Å². The molecule has 15 heavy (non-hydrogen) atoms. The van der Waals surface area contributed by atoms with Crippen LogP contribution in [0.5, 0.6) is 5.75 Å². The molecule has 1 unspecified atom stereocenters. The molecule has 0 radical (unpaired) electrons. The average molecular weight is 210 g/mol. The zero-order chi connectivity index (χ0) is 11.3. The lowest BCUT2D eigenvalue weighted by atomic mass is 10.1. The van der Waals surface area contributed by atoms with Gasteiger partial charge in [-0.05, 0) is 24.1 Å². The van der Waals surface area contributed by atoms with Gasteiger partial charge in [0.15, 0.2) is 0 Å². The molecule has 0 bridgehead atoms. The van der Waals surface area contributed by atoms with Crippen LogP contribution in [0.1, 0.15) is 5.56 Å². The molecule has 5 nitrogen and oxygen atoms in total. The van der Waals surface area contributed by atoms with E-state index in [1.54, 1.807) is 24.3 Å². The van der Waals surface area contributed by atoms with Crippen LogP contribution in [0.15, 0.2) is 24.3 Å². The second-order valence-corrected chi connectivity index (χ2v) is 3.32. The molecule has 0 fully saturated rings. The van der Waals surface area contributed by atoms with E-state index in [-0.39, 0.29) is 18.3 Å². The van der Waals surface area contributed by atoms with Gasteiger partial charge in [-0.3, -0.25) is 0 Å². The molecule has 1 rings (SSSR count). The number of hydrogen-bond acceptors (Lipinski definition) is 3. The molecule has 1 atom stereocenters. The van der Waals surface area contributed by atoms with Crippen molar-refractivity contribution in [3.05, 3.63) is 29.8 Å². The molecule has 1 aromatic rings. The summed E-state index contributed by atoms with van der Waals surface area (Å²) in [6.07, 6.45) is -0.503. The molecule has 0 heterocycles. The van der Waals surface area contributed by atoms with Gasteiger partial charge < -0.3 is 21.3 Å². The number of nitrogens with two attached hydrogens (primary N) is 1. The first-order valence-electron chi connectivity index (χ1n) is 4.58. The van der Waals surface area contributed by atoms with Gasteiger partial charge in [-0.2, -0.15) is 0 Å². The van der Waals surface area contributed by atoms with Crippen LogP contribution in [0.2, 0.25) is 0 Å². The molecule has 1 aromatic carbocycles. The van der Waals surface area contributed by atoms with Gasteiger partial charge in [0.05, 0.1) is 0 Å². The molecule has 5 heteroatoms. The predicted molar refractivity (Wildman–Crippen MR) is 55.8 cm³/mol. The van der Waals surface area contributed by atoms with Gasteiger partial charge in [0.1, 0.15) is 5.75 Å². The summed E-state index contributed by atoms with van der Waals surface area (Å²) in [5.74, 6) is 0.205. The van der Waals surface area contributed by atoms with Gasteiger partial charge in [-0.15, -0.1) is 0 Å². The summed E-state index contributed by atoms with van der Waals surface area (Å²) in [6, 6.07) is 6.41. The Hall–Kier alpha value is -1.75. The number of carbonyl (C=O) groups is 1. The van der Waals surface area contributed by atoms with Crippen LogP contribution < -0.4 is 11.1 Å². The minimum atomic E-state index is -1.07. The van der Waals surface area contributed by atoms with Gasteiger partial charge in [0.2, 0.25) is 0 Å². The van der Waals surface area contributed by atoms with Gasteiger partial charge in [0, 0.05) is 12.6 Å². The number of rotatable bonds is 4. The summed E-state index contributed by atoms with van der Waals surface area (Å²) in [5, 5.41) is 19.6. The van der Waals surface area contributed by atoms with E-state index in [0.29, 0.717) is 6.42 Å². The van der Waals surface area contributed by atoms with E-state index in [1.165, 1.54) is 0 Å². The Kier molecular flexibility index (Phi) is 3.93. The first kappa shape index (κ1) is 11.3. The summed E-state index contributed by atoms with van der Waals surface area (Å²) in [5.41, 5.74) is 6.67. The maximum Gasteiger partial charge on any atom is 0.404 e. The first-order chi connectivity index (χ1) is 7.08. The summed E-state index contributed by atoms with van der Waals surface area (Å²) < 4.78 is 0. The highest BCUT2D eigenvalue weighted by molar-refractivity contribution is 5.64. The smallest absolute Gasteiger partial charge is 0.404 e. The van der Waals surface area contributed by atoms with Crippen LogP contribution in [0.4, 0.5) is 4.79 Å². The molecule has 1 amide bonds. The Morgan fingerprint density at radius 2 is 2.00 bits per heavy atom. The van der Waals surface area contributed by atoms with Crippen molar-refractivity contribution in [3.8, 4) is 5.75 Å². The number of hydrogen-bond donors (Lipinski definition) is 4. The third-order valence-electron chi connectivity index (χ3n) is 1.95. The summed E-state index contributed by atoms with van der Waals surface area (Å²) in [4.78, 5) is 10.2. The number of nitrogens with one attached hydrogen (secondary N) is 1. The molecule has 82 valence electrons. The Morgan fingerprint density at radius 3 is 2.53 bits per heavy atom. The Bertz CT molecular complexity index is 324. The lowest BCUT2D eigenvalue weighted by molar-refractivity contribution is 0.193. The average Bonchev–Trinajstić information content (AvgIpc) is 2.19. The van der Waals surface area contributed by atoms with Crippen molar-refractivity contribution in [2.24, 2.45) is 5.73 Å². The third kappa shape index (κ3) is 4.33. The maximum atomic E-state index is 10.2. The molecule has 0 spiro atoms. The zero-order valence-corrected chi connectivity index (χ0v) is 8.18. The van der Waals surface area contributed by atoms with E-state index in [0.717, 1.165) is 5.56 Å². The number of amides is 1. The van der Waals surface area contributed by atoms with E-state index in [1.807, 2.05) is 0 Å². The normalized spacial score (nSPS) is 12.1. The quantitative estimate of drug-likeness (QED) is 0.583. The Morgan fingerprint density at radius 1 is 1.40 bits per heavy atom. The second-order valence-electron chi connectivity index (χ2n) is 3.32. The fourth-order valence-corrected chi connectivity index (χ4v) is 1.23. The van der Waals surface area contributed by atoms with Crippen molar-refractivity contribution >= 4 is 6.09 Å². The van der Waals surface area contributed by atoms with Crippen LogP contribution in [-0.2, 0) is 6.42 Å². The second kappa shape index (κ2) is 5.21. The van der Waals surface area contributed by atoms with Crippen molar-refractivity contribution in [3.63, 3.8) is 0 Å².